The molecule has 3 rings (SSSR count). The molecule has 0 bridgehead atoms. The molecule has 2 nitrogen and oxygen atoms in total. The molecule has 1 N–H and O–H groups in total. The van der Waals surface area contributed by atoms with Crippen molar-refractivity contribution < 1.29 is 9.84 Å². The van der Waals surface area contributed by atoms with Gasteiger partial charge in [-0.15, -0.1) is 0 Å². The lowest BCUT2D eigenvalue weighted by Gasteiger charge is -2.19. The molecule has 0 saturated heterocycles. The summed E-state index contributed by atoms with van der Waals surface area (Å²) in [5.74, 6) is 1.45. The molecule has 1 atom stereocenters. The van der Waals surface area contributed by atoms with Crippen molar-refractivity contribution in [3.8, 4) is 5.75 Å². The van der Waals surface area contributed by atoms with E-state index < -0.39 is 6.10 Å². The molecular formula is C19H22O2. The Labute approximate surface area is 126 Å². The van der Waals surface area contributed by atoms with Crippen molar-refractivity contribution in [3.63, 3.8) is 0 Å². The van der Waals surface area contributed by atoms with Gasteiger partial charge in [0.25, 0.3) is 0 Å². The van der Waals surface area contributed by atoms with Crippen LogP contribution in [0.25, 0.3) is 0 Å². The standard InChI is InChI=1S/C19H22O2/c1-12-9-13(2)18(17(10-12)21-3)19(20)16-6-4-5-15(11-16)14-7-8-14/h4-6,9-11,14,19-20H,7-8H2,1-3H3. The van der Waals surface area contributed by atoms with E-state index in [2.05, 4.69) is 18.2 Å². The first-order valence-corrected chi connectivity index (χ1v) is 7.53. The van der Waals surface area contributed by atoms with Crippen molar-refractivity contribution in [3.05, 3.63) is 64.2 Å². The molecule has 0 heterocycles. The second-order valence-electron chi connectivity index (χ2n) is 6.04. The Morgan fingerprint density at radius 1 is 1.14 bits per heavy atom. The third-order valence-corrected chi connectivity index (χ3v) is 4.26. The smallest absolute Gasteiger partial charge is 0.125 e. The maximum Gasteiger partial charge on any atom is 0.125 e. The van der Waals surface area contributed by atoms with Crippen molar-refractivity contribution in [1.82, 2.24) is 0 Å². The van der Waals surface area contributed by atoms with Gasteiger partial charge in [0.2, 0.25) is 0 Å². The van der Waals surface area contributed by atoms with E-state index in [9.17, 15) is 5.11 Å². The van der Waals surface area contributed by atoms with E-state index in [0.717, 1.165) is 28.0 Å². The van der Waals surface area contributed by atoms with Crippen LogP contribution in [0.5, 0.6) is 5.75 Å². The highest BCUT2D eigenvalue weighted by Gasteiger charge is 2.25. The lowest BCUT2D eigenvalue weighted by molar-refractivity contribution is 0.214. The number of hydrogen-bond acceptors (Lipinski definition) is 2. The molecule has 0 amide bonds. The molecular weight excluding hydrogens is 260 g/mol. The lowest BCUT2D eigenvalue weighted by atomic mass is 9.93. The Morgan fingerprint density at radius 3 is 2.57 bits per heavy atom. The summed E-state index contributed by atoms with van der Waals surface area (Å²) in [6, 6.07) is 12.4. The number of rotatable bonds is 4. The minimum Gasteiger partial charge on any atom is -0.496 e. The minimum atomic E-state index is -0.640. The summed E-state index contributed by atoms with van der Waals surface area (Å²) >= 11 is 0. The molecule has 21 heavy (non-hydrogen) atoms. The van der Waals surface area contributed by atoms with Gasteiger partial charge in [0, 0.05) is 5.56 Å². The van der Waals surface area contributed by atoms with E-state index in [1.54, 1.807) is 7.11 Å². The van der Waals surface area contributed by atoms with Gasteiger partial charge in [-0.25, -0.2) is 0 Å². The molecule has 0 aliphatic heterocycles. The summed E-state index contributed by atoms with van der Waals surface area (Å²) in [6.45, 7) is 4.07. The summed E-state index contributed by atoms with van der Waals surface area (Å²) in [5, 5.41) is 10.8. The van der Waals surface area contributed by atoms with Crippen LogP contribution in [0, 0.1) is 13.8 Å². The average molecular weight is 282 g/mol. The molecule has 1 unspecified atom stereocenters. The van der Waals surface area contributed by atoms with Crippen LogP contribution >= 0.6 is 0 Å². The SMILES string of the molecule is COc1cc(C)cc(C)c1C(O)c1cccc(C2CC2)c1. The second kappa shape index (κ2) is 5.53. The number of benzene rings is 2. The molecule has 1 aliphatic carbocycles. The van der Waals surface area contributed by atoms with Crippen LogP contribution in [0.2, 0.25) is 0 Å². The van der Waals surface area contributed by atoms with Gasteiger partial charge < -0.3 is 9.84 Å². The van der Waals surface area contributed by atoms with Gasteiger partial charge in [0.05, 0.1) is 7.11 Å². The Hall–Kier alpha value is -1.80. The number of aryl methyl sites for hydroxylation is 2. The number of aliphatic hydroxyl groups is 1. The number of hydrogen-bond donors (Lipinski definition) is 1. The molecule has 1 aliphatic rings. The number of aliphatic hydroxyl groups excluding tert-OH is 1. The van der Waals surface area contributed by atoms with Gasteiger partial charge in [0.1, 0.15) is 11.9 Å². The first-order chi connectivity index (χ1) is 10.1. The van der Waals surface area contributed by atoms with Crippen LogP contribution in [0.3, 0.4) is 0 Å². The zero-order chi connectivity index (χ0) is 15.0. The van der Waals surface area contributed by atoms with E-state index >= 15 is 0 Å². The largest absolute Gasteiger partial charge is 0.496 e. The average Bonchev–Trinajstić information content (AvgIpc) is 3.30. The lowest BCUT2D eigenvalue weighted by Crippen LogP contribution is -2.06. The Balaban J connectivity index is 2.01. The molecule has 110 valence electrons. The zero-order valence-electron chi connectivity index (χ0n) is 12.9. The van der Waals surface area contributed by atoms with Crippen molar-refractivity contribution in [1.29, 1.82) is 0 Å². The molecule has 2 aromatic rings. The fraction of sp³-hybridized carbons (Fsp3) is 0.368. The van der Waals surface area contributed by atoms with Crippen molar-refractivity contribution in [2.45, 2.75) is 38.7 Å². The third-order valence-electron chi connectivity index (χ3n) is 4.26. The summed E-state index contributed by atoms with van der Waals surface area (Å²) in [5.41, 5.74) is 5.37. The second-order valence-corrected chi connectivity index (χ2v) is 6.04. The van der Waals surface area contributed by atoms with Gasteiger partial charge in [-0.2, -0.15) is 0 Å². The summed E-state index contributed by atoms with van der Waals surface area (Å²) < 4.78 is 5.48. The highest BCUT2D eigenvalue weighted by atomic mass is 16.5. The zero-order valence-corrected chi connectivity index (χ0v) is 12.9. The van der Waals surface area contributed by atoms with Crippen LogP contribution in [0.4, 0.5) is 0 Å². The molecule has 2 aromatic carbocycles. The van der Waals surface area contributed by atoms with Crippen molar-refractivity contribution in [2.75, 3.05) is 7.11 Å². The number of ether oxygens (including phenoxy) is 1. The minimum absolute atomic E-state index is 0.640. The first-order valence-electron chi connectivity index (χ1n) is 7.53. The van der Waals surface area contributed by atoms with E-state index in [1.165, 1.54) is 18.4 Å². The van der Waals surface area contributed by atoms with Gasteiger partial charge in [-0.05, 0) is 60.9 Å². The van der Waals surface area contributed by atoms with Gasteiger partial charge >= 0.3 is 0 Å². The summed E-state index contributed by atoms with van der Waals surface area (Å²) in [6.07, 6.45) is 1.90. The van der Waals surface area contributed by atoms with Crippen LogP contribution in [-0.2, 0) is 0 Å². The molecule has 1 saturated carbocycles. The fourth-order valence-corrected chi connectivity index (χ4v) is 3.03. The third kappa shape index (κ3) is 2.81. The van der Waals surface area contributed by atoms with Crippen molar-refractivity contribution in [2.24, 2.45) is 0 Å². The van der Waals surface area contributed by atoms with Gasteiger partial charge in [0.15, 0.2) is 0 Å². The molecule has 0 aromatic heterocycles. The Bertz CT molecular complexity index is 657. The van der Waals surface area contributed by atoms with E-state index in [-0.39, 0.29) is 0 Å². The highest BCUT2D eigenvalue weighted by Crippen LogP contribution is 2.41. The predicted octanol–water partition coefficient (Wildman–Crippen LogP) is 4.27. The summed E-state index contributed by atoms with van der Waals surface area (Å²) in [7, 11) is 1.66. The molecule has 0 spiro atoms. The molecule has 0 radical (unpaired) electrons. The normalized spacial score (nSPS) is 15.8. The van der Waals surface area contributed by atoms with E-state index in [0.29, 0.717) is 5.92 Å². The maximum atomic E-state index is 10.8. The molecule has 2 heteroatoms. The molecule has 1 fully saturated rings. The van der Waals surface area contributed by atoms with Gasteiger partial charge in [-0.3, -0.25) is 0 Å². The van der Waals surface area contributed by atoms with Crippen molar-refractivity contribution >= 4 is 0 Å². The Kier molecular flexibility index (Phi) is 3.73. The predicted molar refractivity (Wildman–Crippen MR) is 84.9 cm³/mol. The van der Waals surface area contributed by atoms with Crippen LogP contribution in [-0.4, -0.2) is 12.2 Å². The topological polar surface area (TPSA) is 29.5 Å². The van der Waals surface area contributed by atoms with Crippen LogP contribution < -0.4 is 4.74 Å². The highest BCUT2D eigenvalue weighted by molar-refractivity contribution is 5.48. The van der Waals surface area contributed by atoms with Crippen LogP contribution in [0.15, 0.2) is 36.4 Å². The van der Waals surface area contributed by atoms with E-state index in [1.807, 2.05) is 32.0 Å². The quantitative estimate of drug-likeness (QED) is 0.907. The van der Waals surface area contributed by atoms with Crippen LogP contribution in [0.1, 0.15) is 52.7 Å². The fourth-order valence-electron chi connectivity index (χ4n) is 3.03. The monoisotopic (exact) mass is 282 g/mol. The van der Waals surface area contributed by atoms with E-state index in [4.69, 9.17) is 4.74 Å². The maximum absolute atomic E-state index is 10.8. The first kappa shape index (κ1) is 14.2. The Morgan fingerprint density at radius 2 is 1.90 bits per heavy atom. The van der Waals surface area contributed by atoms with Gasteiger partial charge in [-0.1, -0.05) is 30.3 Å². The summed E-state index contributed by atoms with van der Waals surface area (Å²) in [4.78, 5) is 0. The number of methoxy groups -OCH3 is 1.